The zero-order chi connectivity index (χ0) is 18.2. The maximum absolute atomic E-state index is 11.5. The van der Waals surface area contributed by atoms with Gasteiger partial charge in [0.15, 0.2) is 0 Å². The van der Waals surface area contributed by atoms with Crippen LogP contribution in [0, 0.1) is 0 Å². The first-order valence-electron chi connectivity index (χ1n) is 8.28. The number of alkyl carbamates (subject to hydrolysis) is 1. The van der Waals surface area contributed by atoms with Gasteiger partial charge in [0.05, 0.1) is 12.7 Å². The average molecular weight is 339 g/mol. The molecule has 0 aliphatic rings. The number of rotatable bonds is 8. The van der Waals surface area contributed by atoms with E-state index >= 15 is 0 Å². The van der Waals surface area contributed by atoms with E-state index in [0.29, 0.717) is 17.9 Å². The number of hydrogen-bond acceptors (Lipinski definition) is 5. The minimum absolute atomic E-state index is 0.208. The van der Waals surface area contributed by atoms with Gasteiger partial charge < -0.3 is 25.0 Å². The lowest BCUT2D eigenvalue weighted by Crippen LogP contribution is -2.34. The molecule has 1 amide bonds. The molecule has 0 heterocycles. The summed E-state index contributed by atoms with van der Waals surface area (Å²) < 4.78 is 10.6. The highest BCUT2D eigenvalue weighted by molar-refractivity contribution is 5.67. The maximum atomic E-state index is 11.5. The molecule has 6 nitrogen and oxygen atoms in total. The summed E-state index contributed by atoms with van der Waals surface area (Å²) in [4.78, 5) is 11.5. The SMILES string of the molecule is CCCOc1cccc(C(O)C(O)CCNC(=O)OC(C)(C)C)c1. The van der Waals surface area contributed by atoms with E-state index in [2.05, 4.69) is 5.32 Å². The molecule has 24 heavy (non-hydrogen) atoms. The molecule has 2 unspecified atom stereocenters. The molecule has 0 spiro atoms. The van der Waals surface area contributed by atoms with Gasteiger partial charge in [-0.05, 0) is 51.3 Å². The number of aliphatic hydroxyl groups is 2. The number of hydrogen-bond donors (Lipinski definition) is 3. The summed E-state index contributed by atoms with van der Waals surface area (Å²) in [5, 5.41) is 22.9. The van der Waals surface area contributed by atoms with Gasteiger partial charge >= 0.3 is 6.09 Å². The van der Waals surface area contributed by atoms with Gasteiger partial charge in [-0.2, -0.15) is 0 Å². The van der Waals surface area contributed by atoms with E-state index in [-0.39, 0.29) is 13.0 Å². The highest BCUT2D eigenvalue weighted by atomic mass is 16.6. The van der Waals surface area contributed by atoms with E-state index in [1.54, 1.807) is 39.0 Å². The second-order valence-corrected chi connectivity index (χ2v) is 6.65. The first-order valence-corrected chi connectivity index (χ1v) is 8.28. The van der Waals surface area contributed by atoms with Crippen LogP contribution in [0.4, 0.5) is 4.79 Å². The van der Waals surface area contributed by atoms with Gasteiger partial charge in [0.25, 0.3) is 0 Å². The number of aliphatic hydroxyl groups excluding tert-OH is 2. The normalized spacial score (nSPS) is 13.9. The Bertz CT molecular complexity index is 512. The molecule has 0 aliphatic heterocycles. The molecule has 136 valence electrons. The van der Waals surface area contributed by atoms with Crippen molar-refractivity contribution >= 4 is 6.09 Å². The number of ether oxygens (including phenoxy) is 2. The number of carbonyl (C=O) groups excluding carboxylic acids is 1. The van der Waals surface area contributed by atoms with E-state index in [9.17, 15) is 15.0 Å². The molecule has 1 aromatic rings. The van der Waals surface area contributed by atoms with Crippen molar-refractivity contribution in [3.63, 3.8) is 0 Å². The molecule has 0 saturated heterocycles. The third-order valence-electron chi connectivity index (χ3n) is 3.15. The van der Waals surface area contributed by atoms with E-state index < -0.39 is 23.9 Å². The van der Waals surface area contributed by atoms with Gasteiger partial charge in [0.1, 0.15) is 17.5 Å². The lowest BCUT2D eigenvalue weighted by molar-refractivity contribution is 0.0122. The lowest BCUT2D eigenvalue weighted by Gasteiger charge is -2.21. The molecule has 0 aliphatic carbocycles. The smallest absolute Gasteiger partial charge is 0.407 e. The zero-order valence-corrected chi connectivity index (χ0v) is 14.9. The molecule has 0 radical (unpaired) electrons. The Morgan fingerprint density at radius 3 is 2.62 bits per heavy atom. The topological polar surface area (TPSA) is 88.0 Å². The molecule has 0 aromatic heterocycles. The summed E-state index contributed by atoms with van der Waals surface area (Å²) >= 11 is 0. The van der Waals surface area contributed by atoms with Crippen LogP contribution in [0.3, 0.4) is 0 Å². The molecular formula is C18H29NO5. The van der Waals surface area contributed by atoms with Crippen LogP contribution >= 0.6 is 0 Å². The van der Waals surface area contributed by atoms with Crippen LogP contribution in [0.2, 0.25) is 0 Å². The highest BCUT2D eigenvalue weighted by Crippen LogP contribution is 2.23. The Hall–Kier alpha value is -1.79. The van der Waals surface area contributed by atoms with E-state index in [4.69, 9.17) is 9.47 Å². The van der Waals surface area contributed by atoms with E-state index in [1.807, 2.05) is 13.0 Å². The predicted molar refractivity (Wildman–Crippen MR) is 92.0 cm³/mol. The largest absolute Gasteiger partial charge is 0.494 e. The minimum atomic E-state index is -1.05. The third kappa shape index (κ3) is 7.66. The second kappa shape index (κ2) is 9.49. The van der Waals surface area contributed by atoms with Crippen LogP contribution in [-0.2, 0) is 4.74 Å². The maximum Gasteiger partial charge on any atom is 0.407 e. The molecule has 1 aromatic carbocycles. The fourth-order valence-electron chi connectivity index (χ4n) is 2.02. The monoisotopic (exact) mass is 339 g/mol. The summed E-state index contributed by atoms with van der Waals surface area (Å²) in [6.45, 7) is 8.15. The summed E-state index contributed by atoms with van der Waals surface area (Å²) in [7, 11) is 0. The standard InChI is InChI=1S/C18H29NO5/c1-5-11-23-14-8-6-7-13(12-14)16(21)15(20)9-10-19-17(22)24-18(2,3)4/h6-8,12,15-16,20-21H,5,9-11H2,1-4H3,(H,19,22). The summed E-state index contributed by atoms with van der Waals surface area (Å²) in [6.07, 6.45) is -1.48. The lowest BCUT2D eigenvalue weighted by atomic mass is 10.0. The Labute approximate surface area is 143 Å². The van der Waals surface area contributed by atoms with Crippen molar-refractivity contribution in [3.05, 3.63) is 29.8 Å². The number of benzene rings is 1. The van der Waals surface area contributed by atoms with E-state index in [1.165, 1.54) is 0 Å². The molecule has 0 fully saturated rings. The van der Waals surface area contributed by atoms with Crippen LogP contribution in [0.5, 0.6) is 5.75 Å². The van der Waals surface area contributed by atoms with Crippen molar-refractivity contribution < 1.29 is 24.5 Å². The van der Waals surface area contributed by atoms with Gasteiger partial charge in [-0.15, -0.1) is 0 Å². The number of amides is 1. The Morgan fingerprint density at radius 2 is 2.00 bits per heavy atom. The second-order valence-electron chi connectivity index (χ2n) is 6.65. The number of nitrogens with one attached hydrogen (secondary N) is 1. The summed E-state index contributed by atoms with van der Waals surface area (Å²) in [6, 6.07) is 7.02. The van der Waals surface area contributed by atoms with Crippen LogP contribution in [-0.4, -0.2) is 41.2 Å². The third-order valence-corrected chi connectivity index (χ3v) is 3.15. The molecule has 3 N–H and O–H groups in total. The van der Waals surface area contributed by atoms with Crippen molar-refractivity contribution in [2.75, 3.05) is 13.2 Å². The Kier molecular flexibility index (Phi) is 8.01. The molecule has 2 atom stereocenters. The first kappa shape index (κ1) is 20.3. The van der Waals surface area contributed by atoms with E-state index in [0.717, 1.165) is 6.42 Å². The quantitative estimate of drug-likeness (QED) is 0.678. The van der Waals surface area contributed by atoms with Gasteiger partial charge in [-0.3, -0.25) is 0 Å². The summed E-state index contributed by atoms with van der Waals surface area (Å²) in [5.74, 6) is 0.660. The van der Waals surface area contributed by atoms with Crippen molar-refractivity contribution in [3.8, 4) is 5.75 Å². The van der Waals surface area contributed by atoms with Gasteiger partial charge in [0, 0.05) is 6.54 Å². The number of carbonyl (C=O) groups is 1. The van der Waals surface area contributed by atoms with Crippen LogP contribution in [0.1, 0.15) is 52.2 Å². The van der Waals surface area contributed by atoms with Crippen LogP contribution < -0.4 is 10.1 Å². The minimum Gasteiger partial charge on any atom is -0.494 e. The van der Waals surface area contributed by atoms with Crippen molar-refractivity contribution in [2.24, 2.45) is 0 Å². The fraction of sp³-hybridized carbons (Fsp3) is 0.611. The molecule has 1 rings (SSSR count). The van der Waals surface area contributed by atoms with Crippen molar-refractivity contribution in [1.29, 1.82) is 0 Å². The molecule has 6 heteroatoms. The first-order chi connectivity index (χ1) is 11.2. The Balaban J connectivity index is 2.47. The van der Waals surface area contributed by atoms with Crippen molar-refractivity contribution in [1.82, 2.24) is 5.32 Å². The highest BCUT2D eigenvalue weighted by Gasteiger charge is 2.20. The molecular weight excluding hydrogens is 310 g/mol. The summed E-state index contributed by atoms with van der Waals surface area (Å²) in [5.41, 5.74) is 0.00888. The zero-order valence-electron chi connectivity index (χ0n) is 14.9. The van der Waals surface area contributed by atoms with Gasteiger partial charge in [-0.25, -0.2) is 4.79 Å². The van der Waals surface area contributed by atoms with Crippen LogP contribution in [0.25, 0.3) is 0 Å². The van der Waals surface area contributed by atoms with Crippen molar-refractivity contribution in [2.45, 2.75) is 58.3 Å². The fourth-order valence-corrected chi connectivity index (χ4v) is 2.02. The van der Waals surface area contributed by atoms with Gasteiger partial charge in [0.2, 0.25) is 0 Å². The predicted octanol–water partition coefficient (Wildman–Crippen LogP) is 2.78. The van der Waals surface area contributed by atoms with Crippen LogP contribution in [0.15, 0.2) is 24.3 Å². The van der Waals surface area contributed by atoms with Gasteiger partial charge in [-0.1, -0.05) is 19.1 Å². The average Bonchev–Trinajstić information content (AvgIpc) is 2.50. The Morgan fingerprint density at radius 1 is 1.29 bits per heavy atom. The molecule has 0 bridgehead atoms. The molecule has 0 saturated carbocycles.